The number of nitriles is 1. The summed E-state index contributed by atoms with van der Waals surface area (Å²) < 4.78 is 25.7. The van der Waals surface area contributed by atoms with Gasteiger partial charge in [-0.05, 0) is 37.2 Å². The molecule has 0 amide bonds. The van der Waals surface area contributed by atoms with Crippen molar-refractivity contribution in [1.82, 2.24) is 5.32 Å². The van der Waals surface area contributed by atoms with Gasteiger partial charge in [-0.25, -0.2) is 8.42 Å². The van der Waals surface area contributed by atoms with Crippen molar-refractivity contribution in [2.45, 2.75) is 6.42 Å². The number of benzene rings is 1. The fourth-order valence-corrected chi connectivity index (χ4v) is 3.47. The van der Waals surface area contributed by atoms with Crippen LogP contribution in [0, 0.1) is 11.3 Å². The van der Waals surface area contributed by atoms with Crippen molar-refractivity contribution in [3.8, 4) is 6.07 Å². The van der Waals surface area contributed by atoms with E-state index < -0.39 is 10.0 Å². The second kappa shape index (κ2) is 5.38. The highest BCUT2D eigenvalue weighted by molar-refractivity contribution is 7.92. The molecular weight excluding hydrogens is 250 g/mol. The van der Waals surface area contributed by atoms with E-state index in [1.54, 1.807) is 24.3 Å². The standard InChI is InChI=1S/C12H15N3O2S/c13-10-11-2-4-12(5-3-11)15-8-7-14-6-1-9-18(15,16)17/h2-5,14H,1,6-9H2. The quantitative estimate of drug-likeness (QED) is 0.810. The molecule has 1 aliphatic heterocycles. The van der Waals surface area contributed by atoms with Gasteiger partial charge in [0.05, 0.1) is 23.1 Å². The third-order valence-electron chi connectivity index (χ3n) is 2.87. The molecule has 1 aromatic rings. The number of anilines is 1. The summed E-state index contributed by atoms with van der Waals surface area (Å²) in [6, 6.07) is 8.65. The van der Waals surface area contributed by atoms with Crippen LogP contribution in [-0.4, -0.2) is 33.8 Å². The van der Waals surface area contributed by atoms with Crippen LogP contribution >= 0.6 is 0 Å². The van der Waals surface area contributed by atoms with Gasteiger partial charge in [0.2, 0.25) is 10.0 Å². The maximum absolute atomic E-state index is 12.1. The molecule has 1 heterocycles. The number of hydrogen-bond donors (Lipinski definition) is 1. The van der Waals surface area contributed by atoms with E-state index in [0.29, 0.717) is 30.8 Å². The summed E-state index contributed by atoms with van der Waals surface area (Å²) in [4.78, 5) is 0. The summed E-state index contributed by atoms with van der Waals surface area (Å²) >= 11 is 0. The van der Waals surface area contributed by atoms with Gasteiger partial charge in [0.25, 0.3) is 0 Å². The first-order chi connectivity index (χ1) is 8.63. The highest BCUT2D eigenvalue weighted by Crippen LogP contribution is 2.19. The molecule has 0 spiro atoms. The van der Waals surface area contributed by atoms with Crippen molar-refractivity contribution in [2.75, 3.05) is 29.7 Å². The second-order valence-corrected chi connectivity index (χ2v) is 6.16. The lowest BCUT2D eigenvalue weighted by atomic mass is 10.2. The molecule has 18 heavy (non-hydrogen) atoms. The first-order valence-electron chi connectivity index (χ1n) is 5.85. The fourth-order valence-electron chi connectivity index (χ4n) is 1.93. The summed E-state index contributed by atoms with van der Waals surface area (Å²) in [6.45, 7) is 1.80. The molecule has 0 aliphatic carbocycles. The lowest BCUT2D eigenvalue weighted by Crippen LogP contribution is -2.41. The Morgan fingerprint density at radius 3 is 2.61 bits per heavy atom. The molecular formula is C12H15N3O2S. The highest BCUT2D eigenvalue weighted by Gasteiger charge is 2.23. The van der Waals surface area contributed by atoms with Gasteiger partial charge in [0, 0.05) is 13.1 Å². The fraction of sp³-hybridized carbons (Fsp3) is 0.417. The zero-order chi connectivity index (χ0) is 13.0. The van der Waals surface area contributed by atoms with Crippen LogP contribution in [0.4, 0.5) is 5.69 Å². The van der Waals surface area contributed by atoms with Gasteiger partial charge in [-0.2, -0.15) is 5.26 Å². The molecule has 0 atom stereocenters. The predicted octanol–water partition coefficient (Wildman–Crippen LogP) is 0.688. The predicted molar refractivity (Wildman–Crippen MR) is 69.8 cm³/mol. The SMILES string of the molecule is N#Cc1ccc(N2CCNCCCS2(=O)=O)cc1. The number of nitrogens with zero attached hydrogens (tertiary/aromatic N) is 2. The van der Waals surface area contributed by atoms with Crippen LogP contribution in [0.2, 0.25) is 0 Å². The molecule has 1 fully saturated rings. The van der Waals surface area contributed by atoms with Gasteiger partial charge in [-0.1, -0.05) is 0 Å². The minimum atomic E-state index is -3.25. The van der Waals surface area contributed by atoms with E-state index in [0.717, 1.165) is 6.54 Å². The van der Waals surface area contributed by atoms with Crippen LogP contribution in [0.5, 0.6) is 0 Å². The van der Waals surface area contributed by atoms with E-state index in [1.165, 1.54) is 4.31 Å². The molecule has 96 valence electrons. The maximum Gasteiger partial charge on any atom is 0.235 e. The minimum Gasteiger partial charge on any atom is -0.315 e. The van der Waals surface area contributed by atoms with E-state index in [4.69, 9.17) is 5.26 Å². The first kappa shape index (κ1) is 12.9. The summed E-state index contributed by atoms with van der Waals surface area (Å²) in [5, 5.41) is 11.9. The molecule has 0 bridgehead atoms. The van der Waals surface area contributed by atoms with Gasteiger partial charge < -0.3 is 5.32 Å². The molecule has 1 aliphatic rings. The van der Waals surface area contributed by atoms with Gasteiger partial charge >= 0.3 is 0 Å². The van der Waals surface area contributed by atoms with E-state index in [1.807, 2.05) is 6.07 Å². The van der Waals surface area contributed by atoms with Crippen LogP contribution in [0.1, 0.15) is 12.0 Å². The Kier molecular flexibility index (Phi) is 3.84. The first-order valence-corrected chi connectivity index (χ1v) is 7.46. The van der Waals surface area contributed by atoms with Crippen molar-refractivity contribution >= 4 is 15.7 Å². The molecule has 0 unspecified atom stereocenters. The van der Waals surface area contributed by atoms with Crippen molar-refractivity contribution in [2.24, 2.45) is 0 Å². The maximum atomic E-state index is 12.1. The van der Waals surface area contributed by atoms with E-state index in [-0.39, 0.29) is 5.75 Å². The number of hydrogen-bond acceptors (Lipinski definition) is 4. The molecule has 1 aromatic carbocycles. The monoisotopic (exact) mass is 265 g/mol. The molecule has 1 N–H and O–H groups in total. The van der Waals surface area contributed by atoms with Crippen LogP contribution in [0.15, 0.2) is 24.3 Å². The van der Waals surface area contributed by atoms with E-state index in [9.17, 15) is 8.42 Å². The van der Waals surface area contributed by atoms with Crippen molar-refractivity contribution in [1.29, 1.82) is 5.26 Å². The topological polar surface area (TPSA) is 73.2 Å². The van der Waals surface area contributed by atoms with Crippen LogP contribution in [0.3, 0.4) is 0 Å². The average Bonchev–Trinajstić information content (AvgIpc) is 2.35. The normalized spacial score (nSPS) is 19.6. The Morgan fingerprint density at radius 1 is 1.22 bits per heavy atom. The largest absolute Gasteiger partial charge is 0.315 e. The van der Waals surface area contributed by atoms with E-state index >= 15 is 0 Å². The van der Waals surface area contributed by atoms with E-state index in [2.05, 4.69) is 5.32 Å². The number of rotatable bonds is 1. The van der Waals surface area contributed by atoms with Gasteiger partial charge in [0.1, 0.15) is 0 Å². The van der Waals surface area contributed by atoms with Gasteiger partial charge in [-0.3, -0.25) is 4.31 Å². The third kappa shape index (κ3) is 2.81. The highest BCUT2D eigenvalue weighted by atomic mass is 32.2. The van der Waals surface area contributed by atoms with Crippen molar-refractivity contribution < 1.29 is 8.42 Å². The Balaban J connectivity index is 2.30. The van der Waals surface area contributed by atoms with Crippen LogP contribution < -0.4 is 9.62 Å². The zero-order valence-corrected chi connectivity index (χ0v) is 10.8. The molecule has 5 nitrogen and oxygen atoms in total. The Bertz CT molecular complexity index is 546. The van der Waals surface area contributed by atoms with Crippen molar-refractivity contribution in [3.63, 3.8) is 0 Å². The Labute approximate surface area is 107 Å². The zero-order valence-electron chi connectivity index (χ0n) is 9.96. The molecule has 6 heteroatoms. The molecule has 0 radical (unpaired) electrons. The summed E-state index contributed by atoms with van der Waals surface area (Å²) in [5.74, 6) is 0.153. The minimum absolute atomic E-state index is 0.153. The Morgan fingerprint density at radius 2 is 1.94 bits per heavy atom. The number of nitrogens with one attached hydrogen (secondary N) is 1. The molecule has 0 saturated carbocycles. The lowest BCUT2D eigenvalue weighted by Gasteiger charge is -2.26. The smallest absolute Gasteiger partial charge is 0.235 e. The van der Waals surface area contributed by atoms with Crippen LogP contribution in [-0.2, 0) is 10.0 Å². The summed E-state index contributed by atoms with van der Waals surface area (Å²) in [5.41, 5.74) is 1.15. The Hall–Kier alpha value is -1.58. The van der Waals surface area contributed by atoms with Crippen molar-refractivity contribution in [3.05, 3.63) is 29.8 Å². The third-order valence-corrected chi connectivity index (χ3v) is 4.74. The molecule has 0 aromatic heterocycles. The lowest BCUT2D eigenvalue weighted by molar-refractivity contribution is 0.572. The second-order valence-electron chi connectivity index (χ2n) is 4.15. The summed E-state index contributed by atoms with van der Waals surface area (Å²) in [7, 11) is -3.25. The molecule has 2 rings (SSSR count). The van der Waals surface area contributed by atoms with Gasteiger partial charge in [0.15, 0.2) is 0 Å². The summed E-state index contributed by atoms with van der Waals surface area (Å²) in [6.07, 6.45) is 0.620. The molecule has 1 saturated heterocycles. The van der Waals surface area contributed by atoms with Gasteiger partial charge in [-0.15, -0.1) is 0 Å². The average molecular weight is 265 g/mol. The number of sulfonamides is 1. The van der Waals surface area contributed by atoms with Crippen LogP contribution in [0.25, 0.3) is 0 Å².